The number of nitrogens with two attached hydrogens (primary N) is 1. The van der Waals surface area contributed by atoms with Crippen LogP contribution >= 0.6 is 0 Å². The molecule has 0 fully saturated rings. The van der Waals surface area contributed by atoms with Gasteiger partial charge in [-0.15, -0.1) is 13.2 Å². The molecule has 4 heteroatoms. The maximum absolute atomic E-state index is 10.8. The lowest BCUT2D eigenvalue weighted by Gasteiger charge is -1.97. The summed E-state index contributed by atoms with van der Waals surface area (Å²) >= 11 is 0. The minimum absolute atomic E-state index is 0.229. The highest BCUT2D eigenvalue weighted by molar-refractivity contribution is 5.87. The second kappa shape index (κ2) is 5.77. The van der Waals surface area contributed by atoms with Crippen molar-refractivity contribution < 1.29 is 9.53 Å². The van der Waals surface area contributed by atoms with E-state index in [1.54, 1.807) is 6.07 Å². The summed E-state index contributed by atoms with van der Waals surface area (Å²) in [6, 6.07) is 3.07. The third kappa shape index (κ3) is 3.37. The van der Waals surface area contributed by atoms with E-state index < -0.39 is 5.97 Å². The molecule has 13 heavy (non-hydrogen) atoms. The number of carbonyl (C=O) groups excluding carboxylic acids is 1. The second-order valence-corrected chi connectivity index (χ2v) is 1.97. The van der Waals surface area contributed by atoms with Crippen LogP contribution in [0.25, 0.3) is 0 Å². The molecule has 0 saturated carbocycles. The van der Waals surface area contributed by atoms with Crippen molar-refractivity contribution in [3.05, 3.63) is 37.2 Å². The van der Waals surface area contributed by atoms with E-state index in [4.69, 9.17) is 5.73 Å². The number of aromatic nitrogens is 1. The fourth-order valence-electron chi connectivity index (χ4n) is 0.663. The Morgan fingerprint density at radius 1 is 1.62 bits per heavy atom. The van der Waals surface area contributed by atoms with Crippen LogP contribution in [-0.2, 0) is 4.74 Å². The Bertz CT molecular complexity index is 287. The molecule has 1 heterocycles. The summed E-state index contributed by atoms with van der Waals surface area (Å²) in [5, 5.41) is 0. The van der Waals surface area contributed by atoms with Gasteiger partial charge in [0.25, 0.3) is 0 Å². The van der Waals surface area contributed by atoms with Crippen molar-refractivity contribution in [2.45, 2.75) is 0 Å². The fourth-order valence-corrected chi connectivity index (χ4v) is 0.663. The third-order valence-electron chi connectivity index (χ3n) is 1.18. The van der Waals surface area contributed by atoms with Crippen molar-refractivity contribution in [1.82, 2.24) is 4.98 Å². The highest BCUT2D eigenvalue weighted by Gasteiger charge is 2.05. The predicted molar refractivity (Wildman–Crippen MR) is 51.2 cm³/mol. The molecule has 0 unspecified atom stereocenters. The van der Waals surface area contributed by atoms with Crippen molar-refractivity contribution in [3.8, 4) is 0 Å². The number of hydrogen-bond acceptors (Lipinski definition) is 4. The first-order valence-electron chi connectivity index (χ1n) is 3.54. The highest BCUT2D eigenvalue weighted by atomic mass is 16.5. The highest BCUT2D eigenvalue weighted by Crippen LogP contribution is 2.03. The molecule has 4 nitrogen and oxygen atoms in total. The van der Waals surface area contributed by atoms with Gasteiger partial charge in [0.1, 0.15) is 5.69 Å². The second-order valence-electron chi connectivity index (χ2n) is 1.97. The number of nitrogens with zero attached hydrogens (tertiary/aromatic N) is 1. The number of ether oxygens (including phenoxy) is 1. The van der Waals surface area contributed by atoms with Gasteiger partial charge in [0, 0.05) is 11.9 Å². The molecule has 70 valence electrons. The molecule has 0 aliphatic heterocycles. The molecule has 0 aliphatic carbocycles. The maximum Gasteiger partial charge on any atom is 0.356 e. The Labute approximate surface area is 77.0 Å². The molecule has 0 spiro atoms. The Balaban J connectivity index is 0.000000671. The minimum atomic E-state index is -0.475. The SMILES string of the molecule is C=C.COC(=O)c1cc(N)ccn1. The van der Waals surface area contributed by atoms with Crippen molar-refractivity contribution in [3.63, 3.8) is 0 Å². The van der Waals surface area contributed by atoms with Gasteiger partial charge < -0.3 is 10.5 Å². The smallest absolute Gasteiger partial charge is 0.356 e. The van der Waals surface area contributed by atoms with E-state index in [1.807, 2.05) is 0 Å². The Kier molecular flexibility index (Phi) is 4.95. The van der Waals surface area contributed by atoms with Crippen molar-refractivity contribution >= 4 is 11.7 Å². The molecule has 1 rings (SSSR count). The van der Waals surface area contributed by atoms with Crippen molar-refractivity contribution in [2.24, 2.45) is 0 Å². The van der Waals surface area contributed by atoms with E-state index in [-0.39, 0.29) is 5.69 Å². The van der Waals surface area contributed by atoms with E-state index >= 15 is 0 Å². The molecule has 0 atom stereocenters. The van der Waals surface area contributed by atoms with Crippen LogP contribution in [0.4, 0.5) is 5.69 Å². The van der Waals surface area contributed by atoms with Crippen molar-refractivity contribution in [1.29, 1.82) is 0 Å². The first kappa shape index (κ1) is 11.2. The van der Waals surface area contributed by atoms with Gasteiger partial charge in [0.05, 0.1) is 7.11 Å². The average Bonchev–Trinajstić information content (AvgIpc) is 2.20. The molecule has 1 aromatic rings. The van der Waals surface area contributed by atoms with Crippen LogP contribution in [0.2, 0.25) is 0 Å². The zero-order valence-corrected chi connectivity index (χ0v) is 7.49. The standard InChI is InChI=1S/C7H8N2O2.C2H4/c1-11-7(10)6-4-5(8)2-3-9-6;1-2/h2-4H,1H3,(H2,8,9);1-2H2. The lowest BCUT2D eigenvalue weighted by Crippen LogP contribution is -2.04. The van der Waals surface area contributed by atoms with Gasteiger partial charge in [0.2, 0.25) is 0 Å². The molecule has 0 aromatic carbocycles. The zero-order chi connectivity index (χ0) is 10.3. The van der Waals surface area contributed by atoms with Crippen LogP contribution < -0.4 is 5.73 Å². The normalized spacial score (nSPS) is 8.08. The summed E-state index contributed by atoms with van der Waals surface area (Å²) in [6.07, 6.45) is 1.46. The van der Waals surface area contributed by atoms with Crippen LogP contribution in [0, 0.1) is 0 Å². The summed E-state index contributed by atoms with van der Waals surface area (Å²) in [4.78, 5) is 14.6. The third-order valence-corrected chi connectivity index (χ3v) is 1.18. The van der Waals surface area contributed by atoms with Crippen LogP contribution in [0.5, 0.6) is 0 Å². The molecule has 0 saturated heterocycles. The van der Waals surface area contributed by atoms with E-state index in [1.165, 1.54) is 19.4 Å². The van der Waals surface area contributed by atoms with Crippen LogP contribution in [0.3, 0.4) is 0 Å². The number of carbonyl (C=O) groups is 1. The van der Waals surface area contributed by atoms with Gasteiger partial charge in [-0.05, 0) is 12.1 Å². The Morgan fingerprint density at radius 3 is 2.69 bits per heavy atom. The van der Waals surface area contributed by atoms with E-state index in [0.717, 1.165) is 0 Å². The van der Waals surface area contributed by atoms with Gasteiger partial charge in [-0.2, -0.15) is 0 Å². The van der Waals surface area contributed by atoms with Gasteiger partial charge in [-0.25, -0.2) is 9.78 Å². The first-order valence-corrected chi connectivity index (χ1v) is 3.54. The largest absolute Gasteiger partial charge is 0.464 e. The number of methoxy groups -OCH3 is 1. The molecular weight excluding hydrogens is 168 g/mol. The first-order chi connectivity index (χ1) is 6.24. The number of hydrogen-bond donors (Lipinski definition) is 1. The Hall–Kier alpha value is -1.84. The molecule has 0 bridgehead atoms. The molecule has 0 aliphatic rings. The summed E-state index contributed by atoms with van der Waals surface area (Å²) < 4.78 is 4.43. The van der Waals surface area contributed by atoms with Crippen LogP contribution in [0.1, 0.15) is 10.5 Å². The van der Waals surface area contributed by atoms with Gasteiger partial charge in [-0.3, -0.25) is 0 Å². The fraction of sp³-hybridized carbons (Fsp3) is 0.111. The topological polar surface area (TPSA) is 65.2 Å². The number of nitrogen functional groups attached to an aromatic ring is 1. The number of esters is 1. The van der Waals surface area contributed by atoms with Gasteiger partial charge >= 0.3 is 5.97 Å². The summed E-state index contributed by atoms with van der Waals surface area (Å²) in [5.41, 5.74) is 6.13. The molecule has 0 radical (unpaired) electrons. The van der Waals surface area contributed by atoms with Crippen LogP contribution in [-0.4, -0.2) is 18.1 Å². The van der Waals surface area contributed by atoms with E-state index in [9.17, 15) is 4.79 Å². The van der Waals surface area contributed by atoms with E-state index in [0.29, 0.717) is 5.69 Å². The summed E-state index contributed by atoms with van der Waals surface area (Å²) in [5.74, 6) is -0.475. The molecule has 1 aromatic heterocycles. The zero-order valence-electron chi connectivity index (χ0n) is 7.49. The molecular formula is C9H12N2O2. The molecule has 0 amide bonds. The lowest BCUT2D eigenvalue weighted by molar-refractivity contribution is 0.0594. The quantitative estimate of drug-likeness (QED) is 0.521. The van der Waals surface area contributed by atoms with Crippen molar-refractivity contribution in [2.75, 3.05) is 12.8 Å². The summed E-state index contributed by atoms with van der Waals surface area (Å²) in [7, 11) is 1.30. The minimum Gasteiger partial charge on any atom is -0.464 e. The van der Waals surface area contributed by atoms with E-state index in [2.05, 4.69) is 22.9 Å². The maximum atomic E-state index is 10.8. The van der Waals surface area contributed by atoms with Crippen LogP contribution in [0.15, 0.2) is 31.5 Å². The number of anilines is 1. The monoisotopic (exact) mass is 180 g/mol. The van der Waals surface area contributed by atoms with Gasteiger partial charge in [0.15, 0.2) is 0 Å². The summed E-state index contributed by atoms with van der Waals surface area (Å²) in [6.45, 7) is 6.00. The average molecular weight is 180 g/mol. The number of rotatable bonds is 1. The predicted octanol–water partition coefficient (Wildman–Crippen LogP) is 1.25. The lowest BCUT2D eigenvalue weighted by atomic mass is 10.3. The number of pyridine rings is 1. The Morgan fingerprint density at radius 2 is 2.23 bits per heavy atom. The van der Waals surface area contributed by atoms with Gasteiger partial charge in [-0.1, -0.05) is 0 Å². The molecule has 2 N–H and O–H groups in total.